The zero-order chi connectivity index (χ0) is 20.5. The second kappa shape index (κ2) is 12.6. The van der Waals surface area contributed by atoms with Crippen molar-refractivity contribution < 1.29 is 13.2 Å². The van der Waals surface area contributed by atoms with Gasteiger partial charge in [0, 0.05) is 31.6 Å². The van der Waals surface area contributed by atoms with Crippen LogP contribution in [0.4, 0.5) is 0 Å². The highest BCUT2D eigenvalue weighted by molar-refractivity contribution is 14.0. The lowest BCUT2D eigenvalue weighted by Crippen LogP contribution is -2.40. The van der Waals surface area contributed by atoms with Gasteiger partial charge in [-0.2, -0.15) is 4.31 Å². The zero-order valence-corrected chi connectivity index (χ0v) is 21.0. The second-order valence-electron chi connectivity index (χ2n) is 6.68. The van der Waals surface area contributed by atoms with Crippen molar-refractivity contribution in [1.29, 1.82) is 0 Å². The molecule has 1 saturated heterocycles. The molecule has 2 N–H and O–H groups in total. The van der Waals surface area contributed by atoms with E-state index in [2.05, 4.69) is 39.9 Å². The van der Waals surface area contributed by atoms with Gasteiger partial charge in [-0.3, -0.25) is 4.99 Å². The lowest BCUT2D eigenvalue weighted by atomic mass is 10.1. The predicted molar refractivity (Wildman–Crippen MR) is 132 cm³/mol. The lowest BCUT2D eigenvalue weighted by molar-refractivity contribution is 0.0731. The van der Waals surface area contributed by atoms with Crippen molar-refractivity contribution in [2.75, 3.05) is 39.9 Å². The number of guanidine groups is 1. The molecule has 0 atom stereocenters. The lowest BCUT2D eigenvalue weighted by Gasteiger charge is -2.25. The number of hydrogen-bond donors (Lipinski definition) is 2. The first-order valence-electron chi connectivity index (χ1n) is 9.74. The Morgan fingerprint density at radius 1 is 1.13 bits per heavy atom. The van der Waals surface area contributed by atoms with Gasteiger partial charge in [0.15, 0.2) is 5.96 Å². The van der Waals surface area contributed by atoms with Crippen LogP contribution in [0.5, 0.6) is 0 Å². The molecule has 166 valence electrons. The van der Waals surface area contributed by atoms with E-state index >= 15 is 0 Å². The van der Waals surface area contributed by atoms with Crippen LogP contribution in [0.1, 0.15) is 16.9 Å². The minimum absolute atomic E-state index is 0. The van der Waals surface area contributed by atoms with E-state index in [1.807, 2.05) is 12.1 Å². The smallest absolute Gasteiger partial charge is 0.252 e. The highest BCUT2D eigenvalue weighted by atomic mass is 127. The van der Waals surface area contributed by atoms with Crippen LogP contribution in [-0.4, -0.2) is 58.6 Å². The number of morpholine rings is 1. The minimum Gasteiger partial charge on any atom is -0.379 e. The molecule has 1 aliphatic rings. The SMILES string of the molecule is CN=C(NCCCc1ccccc1)NCc1ccc(S(=O)(=O)N2CCOCC2)s1.I. The first kappa shape index (κ1) is 25.1. The van der Waals surface area contributed by atoms with Crippen molar-refractivity contribution in [1.82, 2.24) is 14.9 Å². The Kier molecular flexibility index (Phi) is 10.5. The molecule has 30 heavy (non-hydrogen) atoms. The molecule has 0 amide bonds. The van der Waals surface area contributed by atoms with Crippen LogP contribution >= 0.6 is 35.3 Å². The van der Waals surface area contributed by atoms with Crippen molar-refractivity contribution in [3.8, 4) is 0 Å². The number of nitrogens with zero attached hydrogens (tertiary/aromatic N) is 2. The largest absolute Gasteiger partial charge is 0.379 e. The third kappa shape index (κ3) is 7.19. The van der Waals surface area contributed by atoms with Gasteiger partial charge in [0.05, 0.1) is 19.8 Å². The summed E-state index contributed by atoms with van der Waals surface area (Å²) in [4.78, 5) is 5.18. The van der Waals surface area contributed by atoms with Crippen molar-refractivity contribution in [2.24, 2.45) is 4.99 Å². The molecular weight excluding hydrogens is 535 g/mol. The maximum absolute atomic E-state index is 12.7. The molecule has 0 bridgehead atoms. The maximum Gasteiger partial charge on any atom is 0.252 e. The molecule has 1 fully saturated rings. The summed E-state index contributed by atoms with van der Waals surface area (Å²) in [5.74, 6) is 0.712. The maximum atomic E-state index is 12.7. The molecule has 2 aromatic rings. The van der Waals surface area contributed by atoms with Gasteiger partial charge in [0.1, 0.15) is 4.21 Å². The molecule has 0 spiro atoms. The summed E-state index contributed by atoms with van der Waals surface area (Å²) in [6, 6.07) is 13.9. The summed E-state index contributed by atoms with van der Waals surface area (Å²) in [5, 5.41) is 6.55. The number of benzene rings is 1. The Morgan fingerprint density at radius 3 is 2.57 bits per heavy atom. The Balaban J connectivity index is 0.00000320. The summed E-state index contributed by atoms with van der Waals surface area (Å²) in [6.07, 6.45) is 2.02. The quantitative estimate of drug-likeness (QED) is 0.223. The molecule has 0 aliphatic carbocycles. The van der Waals surface area contributed by atoms with Crippen molar-refractivity contribution >= 4 is 51.3 Å². The normalized spacial score (nSPS) is 15.4. The Bertz CT molecular complexity index is 898. The average molecular weight is 565 g/mol. The number of aliphatic imine (C=N–C) groups is 1. The standard InChI is InChI=1S/C20H28N4O3S2.HI/c1-21-20(22-11-5-8-17-6-3-2-4-7-17)23-16-18-9-10-19(28-18)29(25,26)24-12-14-27-15-13-24;/h2-4,6-7,9-10H,5,8,11-16H2,1H3,(H2,21,22,23);1H. The van der Waals surface area contributed by atoms with E-state index in [1.165, 1.54) is 21.2 Å². The molecule has 0 radical (unpaired) electrons. The number of ether oxygens (including phenoxy) is 1. The number of sulfonamides is 1. The molecule has 1 aromatic heterocycles. The molecule has 10 heteroatoms. The van der Waals surface area contributed by atoms with E-state index < -0.39 is 10.0 Å². The fourth-order valence-electron chi connectivity index (χ4n) is 3.04. The van der Waals surface area contributed by atoms with E-state index in [1.54, 1.807) is 13.1 Å². The predicted octanol–water partition coefficient (Wildman–Crippen LogP) is 2.68. The van der Waals surface area contributed by atoms with Crippen LogP contribution in [0.3, 0.4) is 0 Å². The summed E-state index contributed by atoms with van der Waals surface area (Å²) in [6.45, 7) is 3.06. The van der Waals surface area contributed by atoms with E-state index in [9.17, 15) is 8.42 Å². The fourth-order valence-corrected chi connectivity index (χ4v) is 5.90. The van der Waals surface area contributed by atoms with E-state index in [4.69, 9.17) is 4.74 Å². The Labute approximate surface area is 200 Å². The van der Waals surface area contributed by atoms with Gasteiger partial charge >= 0.3 is 0 Å². The Morgan fingerprint density at radius 2 is 1.87 bits per heavy atom. The highest BCUT2D eigenvalue weighted by Crippen LogP contribution is 2.25. The molecule has 7 nitrogen and oxygen atoms in total. The second-order valence-corrected chi connectivity index (χ2v) is 10.0. The number of thiophene rings is 1. The molecule has 0 saturated carbocycles. The number of hydrogen-bond acceptors (Lipinski definition) is 5. The summed E-state index contributed by atoms with van der Waals surface area (Å²) in [7, 11) is -1.70. The summed E-state index contributed by atoms with van der Waals surface area (Å²) >= 11 is 1.30. The van der Waals surface area contributed by atoms with Crippen LogP contribution in [0, 0.1) is 0 Å². The summed E-state index contributed by atoms with van der Waals surface area (Å²) < 4.78 is 32.5. The molecular formula is C20H29IN4O3S2. The molecule has 2 heterocycles. The van der Waals surface area contributed by atoms with E-state index in [0.29, 0.717) is 43.0 Å². The first-order valence-corrected chi connectivity index (χ1v) is 12.0. The van der Waals surface area contributed by atoms with Crippen molar-refractivity contribution in [3.05, 3.63) is 52.9 Å². The first-order chi connectivity index (χ1) is 14.1. The average Bonchev–Trinajstić information content (AvgIpc) is 3.24. The topological polar surface area (TPSA) is 83.0 Å². The zero-order valence-electron chi connectivity index (χ0n) is 17.0. The van der Waals surface area contributed by atoms with Crippen LogP contribution in [0.15, 0.2) is 51.7 Å². The van der Waals surface area contributed by atoms with E-state index in [-0.39, 0.29) is 24.0 Å². The minimum atomic E-state index is -3.43. The van der Waals surface area contributed by atoms with Gasteiger partial charge < -0.3 is 15.4 Å². The third-order valence-electron chi connectivity index (χ3n) is 4.63. The monoisotopic (exact) mass is 564 g/mol. The van der Waals surface area contributed by atoms with Gasteiger partial charge in [-0.05, 0) is 30.5 Å². The van der Waals surface area contributed by atoms with Crippen LogP contribution in [0.2, 0.25) is 0 Å². The summed E-state index contributed by atoms with van der Waals surface area (Å²) in [5.41, 5.74) is 1.32. The molecule has 0 unspecified atom stereocenters. The number of rotatable bonds is 8. The number of aryl methyl sites for hydroxylation is 1. The van der Waals surface area contributed by atoms with Gasteiger partial charge in [-0.25, -0.2) is 8.42 Å². The molecule has 1 aliphatic heterocycles. The van der Waals surface area contributed by atoms with Gasteiger partial charge in [0.2, 0.25) is 0 Å². The van der Waals surface area contributed by atoms with Crippen molar-refractivity contribution in [2.45, 2.75) is 23.6 Å². The number of halogens is 1. The van der Waals surface area contributed by atoms with Crippen molar-refractivity contribution in [3.63, 3.8) is 0 Å². The van der Waals surface area contributed by atoms with Crippen LogP contribution in [0.25, 0.3) is 0 Å². The molecule has 3 rings (SSSR count). The Hall–Kier alpha value is -1.21. The number of nitrogens with one attached hydrogen (secondary N) is 2. The van der Waals surface area contributed by atoms with Gasteiger partial charge in [-0.1, -0.05) is 30.3 Å². The highest BCUT2D eigenvalue weighted by Gasteiger charge is 2.27. The fraction of sp³-hybridized carbons (Fsp3) is 0.450. The van der Waals surface area contributed by atoms with Crippen LogP contribution < -0.4 is 10.6 Å². The van der Waals surface area contributed by atoms with Crippen LogP contribution in [-0.2, 0) is 27.7 Å². The molecule has 1 aromatic carbocycles. The van der Waals surface area contributed by atoms with Gasteiger partial charge in [0.25, 0.3) is 10.0 Å². The van der Waals surface area contributed by atoms with E-state index in [0.717, 1.165) is 24.3 Å². The van der Waals surface area contributed by atoms with Gasteiger partial charge in [-0.15, -0.1) is 35.3 Å². The third-order valence-corrected chi connectivity index (χ3v) is 8.08.